The molecule has 0 amide bonds. The summed E-state index contributed by atoms with van der Waals surface area (Å²) in [6.45, 7) is 4.00. The molecule has 1 aromatic heterocycles. The second kappa shape index (κ2) is 4.93. The molecule has 3 rings (SSSR count). The minimum absolute atomic E-state index is 0.182. The van der Waals surface area contributed by atoms with Crippen LogP contribution in [0, 0.1) is 11.2 Å². The van der Waals surface area contributed by atoms with E-state index >= 15 is 0 Å². The lowest BCUT2D eigenvalue weighted by molar-refractivity contribution is 0.00359. The van der Waals surface area contributed by atoms with Gasteiger partial charge in [0, 0.05) is 12.1 Å². The Morgan fingerprint density at radius 2 is 2.25 bits per heavy atom. The topological polar surface area (TPSA) is 42.4 Å². The van der Waals surface area contributed by atoms with Crippen LogP contribution in [0.4, 0.5) is 4.39 Å². The van der Waals surface area contributed by atoms with Gasteiger partial charge >= 0.3 is 0 Å². The van der Waals surface area contributed by atoms with E-state index in [0.717, 1.165) is 17.5 Å². The normalized spacial score (nSPS) is 25.2. The summed E-state index contributed by atoms with van der Waals surface area (Å²) in [4.78, 5) is 4.18. The van der Waals surface area contributed by atoms with Crippen molar-refractivity contribution >= 4 is 37.5 Å². The molecule has 0 saturated heterocycles. The van der Waals surface area contributed by atoms with E-state index in [1.165, 1.54) is 17.4 Å². The molecule has 1 aliphatic carbocycles. The van der Waals surface area contributed by atoms with Gasteiger partial charge < -0.3 is 9.84 Å². The molecule has 108 valence electrons. The SMILES string of the molecule is CC1(C)CCC(Oc2cc3sc(Br)nc3cc2F)C1O. The zero-order valence-corrected chi connectivity index (χ0v) is 13.6. The summed E-state index contributed by atoms with van der Waals surface area (Å²) in [5.74, 6) is -0.248. The Morgan fingerprint density at radius 1 is 1.50 bits per heavy atom. The van der Waals surface area contributed by atoms with Crippen LogP contribution in [-0.2, 0) is 0 Å². The van der Waals surface area contributed by atoms with E-state index in [4.69, 9.17) is 4.74 Å². The number of hydrogen-bond donors (Lipinski definition) is 1. The molecule has 0 radical (unpaired) electrons. The fraction of sp³-hybridized carbons (Fsp3) is 0.500. The van der Waals surface area contributed by atoms with Crippen LogP contribution < -0.4 is 4.74 Å². The van der Waals surface area contributed by atoms with Crippen molar-refractivity contribution in [3.63, 3.8) is 0 Å². The Morgan fingerprint density at radius 3 is 2.90 bits per heavy atom. The lowest BCUT2D eigenvalue weighted by Crippen LogP contribution is -2.34. The Balaban J connectivity index is 1.89. The number of hydrogen-bond acceptors (Lipinski definition) is 4. The van der Waals surface area contributed by atoms with Gasteiger partial charge in [0.1, 0.15) is 6.10 Å². The van der Waals surface area contributed by atoms with Crippen molar-refractivity contribution in [1.29, 1.82) is 0 Å². The third kappa shape index (κ3) is 2.44. The molecule has 3 nitrogen and oxygen atoms in total. The second-order valence-corrected chi connectivity index (χ2v) is 8.15. The first-order chi connectivity index (χ1) is 9.37. The number of nitrogens with zero attached hydrogens (tertiary/aromatic N) is 1. The average molecular weight is 360 g/mol. The number of rotatable bonds is 2. The molecule has 2 atom stereocenters. The lowest BCUT2D eigenvalue weighted by atomic mass is 9.89. The van der Waals surface area contributed by atoms with Gasteiger partial charge in [-0.25, -0.2) is 9.37 Å². The van der Waals surface area contributed by atoms with E-state index in [1.807, 2.05) is 13.8 Å². The zero-order valence-electron chi connectivity index (χ0n) is 11.2. The van der Waals surface area contributed by atoms with Crippen molar-refractivity contribution in [1.82, 2.24) is 4.98 Å². The lowest BCUT2D eigenvalue weighted by Gasteiger charge is -2.25. The Labute approximate surface area is 128 Å². The second-order valence-electron chi connectivity index (χ2n) is 5.85. The number of fused-ring (bicyclic) bond motifs is 1. The molecule has 0 aliphatic heterocycles. The first kappa shape index (κ1) is 14.2. The summed E-state index contributed by atoms with van der Waals surface area (Å²) in [6, 6.07) is 3.03. The first-order valence-electron chi connectivity index (χ1n) is 6.47. The maximum Gasteiger partial charge on any atom is 0.167 e. The maximum atomic E-state index is 14.0. The summed E-state index contributed by atoms with van der Waals surface area (Å²) in [7, 11) is 0. The number of halogens is 2. The molecule has 1 aliphatic rings. The van der Waals surface area contributed by atoms with Gasteiger partial charge in [0.15, 0.2) is 15.5 Å². The van der Waals surface area contributed by atoms with Crippen molar-refractivity contribution in [2.45, 2.75) is 38.9 Å². The van der Waals surface area contributed by atoms with Crippen LogP contribution in [0.15, 0.2) is 16.0 Å². The van der Waals surface area contributed by atoms with Crippen molar-refractivity contribution in [2.24, 2.45) is 5.41 Å². The number of aromatic nitrogens is 1. The predicted molar refractivity (Wildman–Crippen MR) is 80.7 cm³/mol. The fourth-order valence-corrected chi connectivity index (χ4v) is 4.02. The highest BCUT2D eigenvalue weighted by Crippen LogP contribution is 2.40. The van der Waals surface area contributed by atoms with Crippen LogP contribution in [0.1, 0.15) is 26.7 Å². The van der Waals surface area contributed by atoms with Crippen LogP contribution in [0.2, 0.25) is 0 Å². The summed E-state index contributed by atoms with van der Waals surface area (Å²) >= 11 is 4.72. The summed E-state index contributed by atoms with van der Waals surface area (Å²) in [5.41, 5.74) is 0.428. The van der Waals surface area contributed by atoms with Gasteiger partial charge in [0.2, 0.25) is 0 Å². The molecular formula is C14H15BrFNO2S. The van der Waals surface area contributed by atoms with Crippen LogP contribution >= 0.6 is 27.3 Å². The number of benzene rings is 1. The highest BCUT2D eigenvalue weighted by Gasteiger charge is 2.42. The summed E-state index contributed by atoms with van der Waals surface area (Å²) in [6.07, 6.45) is 0.673. The minimum Gasteiger partial charge on any atom is -0.485 e. The minimum atomic E-state index is -0.578. The zero-order chi connectivity index (χ0) is 14.5. The predicted octanol–water partition coefficient (Wildman–Crippen LogP) is 4.13. The monoisotopic (exact) mass is 359 g/mol. The molecule has 2 unspecified atom stereocenters. The van der Waals surface area contributed by atoms with Crippen LogP contribution in [0.3, 0.4) is 0 Å². The van der Waals surface area contributed by atoms with Crippen molar-refractivity contribution in [2.75, 3.05) is 0 Å². The van der Waals surface area contributed by atoms with E-state index in [0.29, 0.717) is 9.43 Å². The Hall–Kier alpha value is -0.720. The molecular weight excluding hydrogens is 345 g/mol. The number of aliphatic hydroxyl groups is 1. The first-order valence-corrected chi connectivity index (χ1v) is 8.08. The van der Waals surface area contributed by atoms with Gasteiger partial charge in [0.25, 0.3) is 0 Å². The van der Waals surface area contributed by atoms with Crippen molar-refractivity contribution < 1.29 is 14.2 Å². The van der Waals surface area contributed by atoms with Crippen molar-refractivity contribution in [3.05, 3.63) is 21.9 Å². The molecule has 2 aromatic rings. The maximum absolute atomic E-state index is 14.0. The molecule has 1 heterocycles. The molecule has 6 heteroatoms. The number of ether oxygens (including phenoxy) is 1. The molecule has 0 bridgehead atoms. The third-order valence-corrected chi connectivity index (χ3v) is 5.39. The molecule has 0 spiro atoms. The molecule has 1 N–H and O–H groups in total. The fourth-order valence-electron chi connectivity index (χ4n) is 2.60. The smallest absolute Gasteiger partial charge is 0.167 e. The highest BCUT2D eigenvalue weighted by molar-refractivity contribution is 9.11. The highest BCUT2D eigenvalue weighted by atomic mass is 79.9. The van der Waals surface area contributed by atoms with Crippen LogP contribution in [0.5, 0.6) is 5.75 Å². The van der Waals surface area contributed by atoms with E-state index in [2.05, 4.69) is 20.9 Å². The van der Waals surface area contributed by atoms with Gasteiger partial charge in [-0.3, -0.25) is 0 Å². The van der Waals surface area contributed by atoms with E-state index < -0.39 is 11.9 Å². The van der Waals surface area contributed by atoms with Crippen LogP contribution in [-0.4, -0.2) is 22.3 Å². The van der Waals surface area contributed by atoms with E-state index in [-0.39, 0.29) is 17.3 Å². The van der Waals surface area contributed by atoms with E-state index in [9.17, 15) is 9.50 Å². The molecule has 1 aromatic carbocycles. The summed E-state index contributed by atoms with van der Waals surface area (Å²) in [5, 5.41) is 10.2. The molecule has 1 fully saturated rings. The Bertz CT molecular complexity index is 658. The Kier molecular flexibility index (Phi) is 3.51. The summed E-state index contributed by atoms with van der Waals surface area (Å²) < 4.78 is 21.3. The van der Waals surface area contributed by atoms with Gasteiger partial charge in [-0.15, -0.1) is 11.3 Å². The van der Waals surface area contributed by atoms with Gasteiger partial charge in [-0.1, -0.05) is 13.8 Å². The molecule has 1 saturated carbocycles. The van der Waals surface area contributed by atoms with Gasteiger partial charge in [0.05, 0.1) is 16.3 Å². The quantitative estimate of drug-likeness (QED) is 0.876. The number of thiazole rings is 1. The number of aliphatic hydroxyl groups excluding tert-OH is 1. The largest absolute Gasteiger partial charge is 0.485 e. The molecule has 20 heavy (non-hydrogen) atoms. The van der Waals surface area contributed by atoms with Gasteiger partial charge in [-0.2, -0.15) is 0 Å². The van der Waals surface area contributed by atoms with Crippen molar-refractivity contribution in [3.8, 4) is 5.75 Å². The van der Waals surface area contributed by atoms with Gasteiger partial charge in [-0.05, 0) is 34.2 Å². The third-order valence-electron chi connectivity index (χ3n) is 3.92. The standard InChI is InChI=1S/C14H15BrFNO2S/c1-14(2)4-3-9(12(14)18)19-10-6-11-8(5-7(10)16)17-13(15)20-11/h5-6,9,12,18H,3-4H2,1-2H3. The average Bonchev–Trinajstić information content (AvgIpc) is 2.83. The van der Waals surface area contributed by atoms with Crippen LogP contribution in [0.25, 0.3) is 10.2 Å². The van der Waals surface area contributed by atoms with E-state index in [1.54, 1.807) is 6.07 Å².